The number of aliphatic hydroxyl groups is 1. The Kier molecular flexibility index (Phi) is 5.07. The number of hydrogen-bond acceptors (Lipinski definition) is 4. The molecule has 0 fully saturated rings. The molecule has 0 amide bonds. The van der Waals surface area contributed by atoms with E-state index in [1.165, 1.54) is 0 Å². The van der Waals surface area contributed by atoms with Crippen molar-refractivity contribution in [2.75, 3.05) is 25.4 Å². The van der Waals surface area contributed by atoms with Crippen molar-refractivity contribution < 1.29 is 5.11 Å². The lowest BCUT2D eigenvalue weighted by molar-refractivity contribution is 0.190. The second-order valence-electron chi connectivity index (χ2n) is 3.55. The van der Waals surface area contributed by atoms with E-state index in [4.69, 9.17) is 10.8 Å². The molecule has 84 valence electrons. The Morgan fingerprint density at radius 1 is 1.47 bits per heavy atom. The highest BCUT2D eigenvalue weighted by molar-refractivity contribution is 5.38. The zero-order chi connectivity index (χ0) is 11.1. The van der Waals surface area contributed by atoms with Gasteiger partial charge in [-0.15, -0.1) is 0 Å². The Balaban J connectivity index is 2.60. The van der Waals surface area contributed by atoms with E-state index >= 15 is 0 Å². The van der Waals surface area contributed by atoms with Crippen LogP contribution < -0.4 is 5.73 Å². The summed E-state index contributed by atoms with van der Waals surface area (Å²) in [6.07, 6.45) is 2.76. The molecule has 1 aromatic heterocycles. The van der Waals surface area contributed by atoms with Gasteiger partial charge in [0.2, 0.25) is 0 Å². The summed E-state index contributed by atoms with van der Waals surface area (Å²) in [5.41, 5.74) is 6.79. The van der Waals surface area contributed by atoms with Crippen molar-refractivity contribution in [1.29, 1.82) is 0 Å². The molecule has 4 heteroatoms. The van der Waals surface area contributed by atoms with E-state index in [2.05, 4.69) is 16.8 Å². The van der Waals surface area contributed by atoms with Crippen LogP contribution in [-0.4, -0.2) is 34.7 Å². The highest BCUT2D eigenvalue weighted by Crippen LogP contribution is 2.10. The van der Waals surface area contributed by atoms with Crippen LogP contribution in [0.4, 0.5) is 5.82 Å². The van der Waals surface area contributed by atoms with Crippen molar-refractivity contribution in [2.45, 2.75) is 19.9 Å². The Labute approximate surface area is 90.7 Å². The molecule has 0 bridgehead atoms. The van der Waals surface area contributed by atoms with Gasteiger partial charge in [0, 0.05) is 24.8 Å². The van der Waals surface area contributed by atoms with Gasteiger partial charge in [0.15, 0.2) is 0 Å². The zero-order valence-corrected chi connectivity index (χ0v) is 9.19. The first-order valence-electron chi connectivity index (χ1n) is 5.30. The molecular weight excluding hydrogens is 190 g/mol. The van der Waals surface area contributed by atoms with E-state index in [9.17, 15) is 0 Å². The largest absolute Gasteiger partial charge is 0.395 e. The molecule has 1 heterocycles. The summed E-state index contributed by atoms with van der Waals surface area (Å²) in [7, 11) is 0. The highest BCUT2D eigenvalue weighted by atomic mass is 16.3. The number of rotatable bonds is 6. The Hall–Kier alpha value is -1.13. The number of pyridine rings is 1. The number of anilines is 1. The maximum Gasteiger partial charge on any atom is 0.127 e. The highest BCUT2D eigenvalue weighted by Gasteiger charge is 2.06. The van der Waals surface area contributed by atoms with Crippen LogP contribution in [0.2, 0.25) is 0 Å². The van der Waals surface area contributed by atoms with Gasteiger partial charge in [-0.05, 0) is 19.0 Å². The molecule has 0 spiro atoms. The molecule has 0 atom stereocenters. The van der Waals surface area contributed by atoms with Crippen molar-refractivity contribution in [3.8, 4) is 0 Å². The first kappa shape index (κ1) is 11.9. The van der Waals surface area contributed by atoms with Crippen LogP contribution in [0, 0.1) is 0 Å². The van der Waals surface area contributed by atoms with Crippen LogP contribution in [0.5, 0.6) is 0 Å². The number of nitrogens with zero attached hydrogens (tertiary/aromatic N) is 2. The van der Waals surface area contributed by atoms with Gasteiger partial charge in [0.1, 0.15) is 5.82 Å². The number of aromatic nitrogens is 1. The van der Waals surface area contributed by atoms with E-state index in [-0.39, 0.29) is 6.61 Å². The average Bonchev–Trinajstić information content (AvgIpc) is 2.22. The number of nitrogens with two attached hydrogens (primary N) is 1. The van der Waals surface area contributed by atoms with Crippen LogP contribution in [0.25, 0.3) is 0 Å². The molecule has 0 aliphatic rings. The first-order chi connectivity index (χ1) is 7.27. The molecule has 0 saturated carbocycles. The van der Waals surface area contributed by atoms with Gasteiger partial charge < -0.3 is 10.8 Å². The van der Waals surface area contributed by atoms with E-state index in [0.29, 0.717) is 12.4 Å². The first-order valence-corrected chi connectivity index (χ1v) is 5.30. The summed E-state index contributed by atoms with van der Waals surface area (Å²) in [6, 6.07) is 3.86. The van der Waals surface area contributed by atoms with Crippen molar-refractivity contribution in [2.24, 2.45) is 0 Å². The third-order valence-electron chi connectivity index (χ3n) is 2.28. The summed E-state index contributed by atoms with van der Waals surface area (Å²) < 4.78 is 0. The standard InChI is InChI=1S/C11H19N3O/c1-2-6-14(7-8-15)9-10-4-3-5-13-11(10)12/h3-5,15H,2,6-9H2,1H3,(H2,12,13). The lowest BCUT2D eigenvalue weighted by Crippen LogP contribution is -2.27. The van der Waals surface area contributed by atoms with Crippen molar-refractivity contribution >= 4 is 5.82 Å². The summed E-state index contributed by atoms with van der Waals surface area (Å²) >= 11 is 0. The minimum Gasteiger partial charge on any atom is -0.395 e. The van der Waals surface area contributed by atoms with Crippen LogP contribution in [-0.2, 0) is 6.54 Å². The summed E-state index contributed by atoms with van der Waals surface area (Å²) in [5, 5.41) is 8.92. The Morgan fingerprint density at radius 3 is 2.87 bits per heavy atom. The molecule has 0 aromatic carbocycles. The molecule has 0 saturated heterocycles. The monoisotopic (exact) mass is 209 g/mol. The summed E-state index contributed by atoms with van der Waals surface area (Å²) in [6.45, 7) is 4.71. The molecule has 15 heavy (non-hydrogen) atoms. The van der Waals surface area contributed by atoms with Crippen molar-refractivity contribution in [3.63, 3.8) is 0 Å². The summed E-state index contributed by atoms with van der Waals surface area (Å²) in [5.74, 6) is 0.580. The van der Waals surface area contributed by atoms with Gasteiger partial charge in [-0.25, -0.2) is 4.98 Å². The number of hydrogen-bond donors (Lipinski definition) is 2. The molecule has 3 N–H and O–H groups in total. The Morgan fingerprint density at radius 2 is 2.27 bits per heavy atom. The minimum atomic E-state index is 0.181. The molecule has 0 aliphatic carbocycles. The average molecular weight is 209 g/mol. The second kappa shape index (κ2) is 6.37. The van der Waals surface area contributed by atoms with Gasteiger partial charge in [0.25, 0.3) is 0 Å². The van der Waals surface area contributed by atoms with E-state index < -0.39 is 0 Å². The maximum atomic E-state index is 8.92. The van der Waals surface area contributed by atoms with Gasteiger partial charge in [-0.1, -0.05) is 13.0 Å². The van der Waals surface area contributed by atoms with Gasteiger partial charge >= 0.3 is 0 Å². The molecule has 1 aromatic rings. The van der Waals surface area contributed by atoms with Crippen molar-refractivity contribution in [3.05, 3.63) is 23.9 Å². The minimum absolute atomic E-state index is 0.181. The third kappa shape index (κ3) is 3.85. The van der Waals surface area contributed by atoms with Gasteiger partial charge in [-0.3, -0.25) is 4.90 Å². The fourth-order valence-electron chi connectivity index (χ4n) is 1.55. The van der Waals surface area contributed by atoms with Crippen LogP contribution in [0.3, 0.4) is 0 Å². The van der Waals surface area contributed by atoms with Crippen LogP contribution in [0.1, 0.15) is 18.9 Å². The predicted molar refractivity (Wildman–Crippen MR) is 61.3 cm³/mol. The molecule has 0 radical (unpaired) electrons. The quantitative estimate of drug-likeness (QED) is 0.729. The van der Waals surface area contributed by atoms with E-state index in [1.54, 1.807) is 6.20 Å². The maximum absolute atomic E-state index is 8.92. The summed E-state index contributed by atoms with van der Waals surface area (Å²) in [4.78, 5) is 6.22. The molecule has 0 aliphatic heterocycles. The molecule has 4 nitrogen and oxygen atoms in total. The normalized spacial score (nSPS) is 10.9. The van der Waals surface area contributed by atoms with E-state index in [1.807, 2.05) is 12.1 Å². The van der Waals surface area contributed by atoms with E-state index in [0.717, 1.165) is 25.1 Å². The topological polar surface area (TPSA) is 62.4 Å². The Bertz CT molecular complexity index is 285. The lowest BCUT2D eigenvalue weighted by atomic mass is 10.2. The van der Waals surface area contributed by atoms with Gasteiger partial charge in [0.05, 0.1) is 6.61 Å². The van der Waals surface area contributed by atoms with Crippen molar-refractivity contribution in [1.82, 2.24) is 9.88 Å². The second-order valence-corrected chi connectivity index (χ2v) is 3.55. The zero-order valence-electron chi connectivity index (χ0n) is 9.19. The van der Waals surface area contributed by atoms with Crippen LogP contribution in [0.15, 0.2) is 18.3 Å². The van der Waals surface area contributed by atoms with Gasteiger partial charge in [-0.2, -0.15) is 0 Å². The lowest BCUT2D eigenvalue weighted by Gasteiger charge is -2.20. The van der Waals surface area contributed by atoms with Crippen LogP contribution >= 0.6 is 0 Å². The fraction of sp³-hybridized carbons (Fsp3) is 0.545. The third-order valence-corrected chi connectivity index (χ3v) is 2.28. The smallest absolute Gasteiger partial charge is 0.127 e. The number of aliphatic hydroxyl groups excluding tert-OH is 1. The SMILES string of the molecule is CCCN(CCO)Cc1cccnc1N. The molecule has 0 unspecified atom stereocenters. The predicted octanol–water partition coefficient (Wildman–Crippen LogP) is 0.868. The number of nitrogen functional groups attached to an aromatic ring is 1. The molecular formula is C11H19N3O. The molecule has 1 rings (SSSR count). The fourth-order valence-corrected chi connectivity index (χ4v) is 1.55.